The van der Waals surface area contributed by atoms with E-state index in [2.05, 4.69) is 28.3 Å². The highest BCUT2D eigenvalue weighted by Gasteiger charge is 2.01. The Morgan fingerprint density at radius 3 is 3.31 bits per heavy atom. The predicted octanol–water partition coefficient (Wildman–Crippen LogP) is 1.67. The van der Waals surface area contributed by atoms with Gasteiger partial charge in [-0.2, -0.15) is 0 Å². The first kappa shape index (κ1) is 8.26. The molecule has 0 spiro atoms. The van der Waals surface area contributed by atoms with E-state index in [4.69, 9.17) is 0 Å². The van der Waals surface area contributed by atoms with Crippen LogP contribution in [0.5, 0.6) is 0 Å². The molecule has 68 valence electrons. The molecule has 2 heterocycles. The summed E-state index contributed by atoms with van der Waals surface area (Å²) >= 11 is 0. The average molecular weight is 175 g/mol. The number of aromatic amines is 1. The lowest BCUT2D eigenvalue weighted by atomic mass is 10.2. The number of rotatable bonds is 3. The van der Waals surface area contributed by atoms with Gasteiger partial charge in [0.15, 0.2) is 0 Å². The molecule has 2 aromatic rings. The lowest BCUT2D eigenvalue weighted by Gasteiger charge is -1.98. The highest BCUT2D eigenvalue weighted by atomic mass is 14.9. The van der Waals surface area contributed by atoms with Crippen molar-refractivity contribution in [1.29, 1.82) is 0 Å². The summed E-state index contributed by atoms with van der Waals surface area (Å²) in [4.78, 5) is 7.37. The molecule has 0 aliphatic carbocycles. The number of aromatic nitrogens is 2. The maximum Gasteiger partial charge on any atom is 0.137 e. The molecule has 0 bridgehead atoms. The van der Waals surface area contributed by atoms with Crippen molar-refractivity contribution < 1.29 is 0 Å². The van der Waals surface area contributed by atoms with E-state index < -0.39 is 0 Å². The highest BCUT2D eigenvalue weighted by Crippen LogP contribution is 2.14. The Hall–Kier alpha value is -1.35. The van der Waals surface area contributed by atoms with Gasteiger partial charge in [0.1, 0.15) is 5.65 Å². The van der Waals surface area contributed by atoms with Gasteiger partial charge in [-0.05, 0) is 24.2 Å². The minimum Gasteiger partial charge on any atom is -0.346 e. The van der Waals surface area contributed by atoms with E-state index in [0.717, 1.165) is 18.7 Å². The third kappa shape index (κ3) is 1.55. The lowest BCUT2D eigenvalue weighted by Crippen LogP contribution is -2.11. The Labute approximate surface area is 77.2 Å². The summed E-state index contributed by atoms with van der Waals surface area (Å²) < 4.78 is 0. The fourth-order valence-corrected chi connectivity index (χ4v) is 1.42. The van der Waals surface area contributed by atoms with Crippen molar-refractivity contribution in [3.63, 3.8) is 0 Å². The Bertz CT molecular complexity index is 392. The zero-order valence-electron chi connectivity index (χ0n) is 7.67. The standard InChI is InChI=1S/C10H13N3/c1-2-11-6-8-7-13-10-9(8)4-3-5-12-10/h3-5,7,11H,2,6H2,1H3,(H,12,13). The number of nitrogens with one attached hydrogen (secondary N) is 2. The summed E-state index contributed by atoms with van der Waals surface area (Å²) in [7, 11) is 0. The smallest absolute Gasteiger partial charge is 0.137 e. The molecule has 0 atom stereocenters. The van der Waals surface area contributed by atoms with Crippen LogP contribution in [0.2, 0.25) is 0 Å². The maximum absolute atomic E-state index is 4.23. The van der Waals surface area contributed by atoms with Crippen LogP contribution in [0, 0.1) is 0 Å². The van der Waals surface area contributed by atoms with Crippen LogP contribution in [0.4, 0.5) is 0 Å². The summed E-state index contributed by atoms with van der Waals surface area (Å²) in [5.74, 6) is 0. The second-order valence-electron chi connectivity index (χ2n) is 2.99. The summed E-state index contributed by atoms with van der Waals surface area (Å²) in [5, 5.41) is 4.51. The molecule has 0 fully saturated rings. The van der Waals surface area contributed by atoms with Crippen LogP contribution in [-0.4, -0.2) is 16.5 Å². The Kier molecular flexibility index (Phi) is 2.27. The van der Waals surface area contributed by atoms with Gasteiger partial charge in [0.2, 0.25) is 0 Å². The van der Waals surface area contributed by atoms with Gasteiger partial charge in [-0.15, -0.1) is 0 Å². The molecular formula is C10H13N3. The molecule has 2 aromatic heterocycles. The van der Waals surface area contributed by atoms with Gasteiger partial charge in [0.25, 0.3) is 0 Å². The lowest BCUT2D eigenvalue weighted by molar-refractivity contribution is 0.730. The van der Waals surface area contributed by atoms with Gasteiger partial charge < -0.3 is 10.3 Å². The molecule has 0 amide bonds. The van der Waals surface area contributed by atoms with Gasteiger partial charge in [0.05, 0.1) is 0 Å². The Morgan fingerprint density at radius 2 is 2.46 bits per heavy atom. The number of fused-ring (bicyclic) bond motifs is 1. The maximum atomic E-state index is 4.23. The molecule has 0 aliphatic heterocycles. The number of pyridine rings is 1. The zero-order valence-corrected chi connectivity index (χ0v) is 7.67. The number of nitrogens with zero attached hydrogens (tertiary/aromatic N) is 1. The molecule has 0 radical (unpaired) electrons. The average Bonchev–Trinajstić information content (AvgIpc) is 2.58. The van der Waals surface area contributed by atoms with Gasteiger partial charge in [0, 0.05) is 24.3 Å². The number of hydrogen-bond donors (Lipinski definition) is 2. The van der Waals surface area contributed by atoms with Crippen LogP contribution < -0.4 is 5.32 Å². The summed E-state index contributed by atoms with van der Waals surface area (Å²) in [6.07, 6.45) is 3.82. The highest BCUT2D eigenvalue weighted by molar-refractivity contribution is 5.79. The molecule has 0 aliphatic rings. The molecule has 3 heteroatoms. The summed E-state index contributed by atoms with van der Waals surface area (Å²) in [6.45, 7) is 4.00. The molecule has 0 saturated heterocycles. The third-order valence-corrected chi connectivity index (χ3v) is 2.10. The quantitative estimate of drug-likeness (QED) is 0.745. The van der Waals surface area contributed by atoms with E-state index in [9.17, 15) is 0 Å². The van der Waals surface area contributed by atoms with Crippen molar-refractivity contribution in [2.75, 3.05) is 6.54 Å². The minimum absolute atomic E-state index is 0.905. The van der Waals surface area contributed by atoms with Crippen molar-refractivity contribution in [2.24, 2.45) is 0 Å². The molecule has 0 saturated carbocycles. The first-order valence-electron chi connectivity index (χ1n) is 4.53. The first-order valence-corrected chi connectivity index (χ1v) is 4.53. The minimum atomic E-state index is 0.905. The first-order chi connectivity index (χ1) is 6.42. The number of H-pyrrole nitrogens is 1. The Balaban J connectivity index is 2.35. The van der Waals surface area contributed by atoms with Crippen LogP contribution in [-0.2, 0) is 6.54 Å². The Morgan fingerprint density at radius 1 is 1.54 bits per heavy atom. The van der Waals surface area contributed by atoms with Crippen molar-refractivity contribution in [3.05, 3.63) is 30.1 Å². The van der Waals surface area contributed by atoms with Crippen molar-refractivity contribution in [1.82, 2.24) is 15.3 Å². The molecule has 0 aromatic carbocycles. The van der Waals surface area contributed by atoms with Crippen LogP contribution in [0.25, 0.3) is 11.0 Å². The van der Waals surface area contributed by atoms with Crippen LogP contribution in [0.3, 0.4) is 0 Å². The van der Waals surface area contributed by atoms with Crippen molar-refractivity contribution in [2.45, 2.75) is 13.5 Å². The van der Waals surface area contributed by atoms with E-state index in [-0.39, 0.29) is 0 Å². The number of hydrogen-bond acceptors (Lipinski definition) is 2. The monoisotopic (exact) mass is 175 g/mol. The van der Waals surface area contributed by atoms with E-state index in [1.54, 1.807) is 6.20 Å². The molecule has 2 rings (SSSR count). The second kappa shape index (κ2) is 3.58. The van der Waals surface area contributed by atoms with Crippen LogP contribution in [0.1, 0.15) is 12.5 Å². The molecule has 2 N–H and O–H groups in total. The largest absolute Gasteiger partial charge is 0.346 e. The van der Waals surface area contributed by atoms with Gasteiger partial charge in [-0.3, -0.25) is 0 Å². The second-order valence-corrected chi connectivity index (χ2v) is 2.99. The molecular weight excluding hydrogens is 162 g/mol. The topological polar surface area (TPSA) is 40.7 Å². The molecule has 3 nitrogen and oxygen atoms in total. The predicted molar refractivity (Wildman–Crippen MR) is 53.5 cm³/mol. The van der Waals surface area contributed by atoms with Gasteiger partial charge in [-0.25, -0.2) is 4.98 Å². The van der Waals surface area contributed by atoms with Gasteiger partial charge in [-0.1, -0.05) is 6.92 Å². The fraction of sp³-hybridized carbons (Fsp3) is 0.300. The van der Waals surface area contributed by atoms with Gasteiger partial charge >= 0.3 is 0 Å². The fourth-order valence-electron chi connectivity index (χ4n) is 1.42. The zero-order chi connectivity index (χ0) is 9.10. The normalized spacial score (nSPS) is 10.8. The van der Waals surface area contributed by atoms with Crippen molar-refractivity contribution >= 4 is 11.0 Å². The summed E-state index contributed by atoms with van der Waals surface area (Å²) in [6, 6.07) is 4.05. The van der Waals surface area contributed by atoms with E-state index in [1.165, 1.54) is 10.9 Å². The van der Waals surface area contributed by atoms with E-state index >= 15 is 0 Å². The molecule has 0 unspecified atom stereocenters. The summed E-state index contributed by atoms with van der Waals surface area (Å²) in [5.41, 5.74) is 2.25. The third-order valence-electron chi connectivity index (χ3n) is 2.10. The van der Waals surface area contributed by atoms with Crippen LogP contribution >= 0.6 is 0 Å². The van der Waals surface area contributed by atoms with E-state index in [0.29, 0.717) is 0 Å². The van der Waals surface area contributed by atoms with E-state index in [1.807, 2.05) is 12.3 Å². The SMILES string of the molecule is CCNCc1c[nH]c2ncccc12. The van der Waals surface area contributed by atoms with Crippen LogP contribution in [0.15, 0.2) is 24.5 Å². The van der Waals surface area contributed by atoms with Crippen molar-refractivity contribution in [3.8, 4) is 0 Å². The molecule has 13 heavy (non-hydrogen) atoms.